The summed E-state index contributed by atoms with van der Waals surface area (Å²) >= 11 is 2.21. The molecule has 0 unspecified atom stereocenters. The highest BCUT2D eigenvalue weighted by Crippen LogP contribution is 2.36. The van der Waals surface area contributed by atoms with Crippen LogP contribution in [0.3, 0.4) is 0 Å². The minimum atomic E-state index is -0.801. The molecular weight excluding hydrogens is 473 g/mol. The first-order valence-electron chi connectivity index (χ1n) is 7.85. The minimum Gasteiger partial charge on any atom is -0.461 e. The Kier molecular flexibility index (Phi) is 9.44. The van der Waals surface area contributed by atoms with E-state index in [1.165, 1.54) is 0 Å². The van der Waals surface area contributed by atoms with Gasteiger partial charge in [0.25, 0.3) is 0 Å². The third-order valence-corrected chi connectivity index (χ3v) is 5.69. The molecule has 140 valence electrons. The molecular formula is C17H24INO4S2. The van der Waals surface area contributed by atoms with Gasteiger partial charge in [-0.15, -0.1) is 0 Å². The van der Waals surface area contributed by atoms with Crippen LogP contribution in [-0.4, -0.2) is 29.8 Å². The van der Waals surface area contributed by atoms with E-state index in [2.05, 4.69) is 26.5 Å². The summed E-state index contributed by atoms with van der Waals surface area (Å²) in [5, 5.41) is 2.63. The Bertz CT molecular complexity index is 590. The number of halogens is 1. The maximum absolute atomic E-state index is 12.4. The smallest absolute Gasteiger partial charge is 0.408 e. The van der Waals surface area contributed by atoms with Crippen molar-refractivity contribution in [2.45, 2.75) is 63.7 Å². The third-order valence-electron chi connectivity index (χ3n) is 2.79. The van der Waals surface area contributed by atoms with Gasteiger partial charge in [0.1, 0.15) is 11.6 Å². The van der Waals surface area contributed by atoms with Gasteiger partial charge in [-0.25, -0.2) is 9.59 Å². The fourth-order valence-electron chi connectivity index (χ4n) is 1.95. The number of hydrogen-bond donors (Lipinski definition) is 1. The Morgan fingerprint density at radius 2 is 1.96 bits per heavy atom. The molecule has 1 atom stereocenters. The summed E-state index contributed by atoms with van der Waals surface area (Å²) in [6.45, 7) is 8.87. The van der Waals surface area contributed by atoms with Gasteiger partial charge in [-0.3, -0.25) is 0 Å². The van der Waals surface area contributed by atoms with E-state index in [0.29, 0.717) is 6.42 Å². The van der Waals surface area contributed by atoms with Gasteiger partial charge in [0, 0.05) is 32.5 Å². The van der Waals surface area contributed by atoms with Gasteiger partial charge >= 0.3 is 12.1 Å². The second kappa shape index (κ2) is 10.5. The summed E-state index contributed by atoms with van der Waals surface area (Å²) in [7, 11) is 3.25. The second-order valence-corrected chi connectivity index (χ2v) is 11.6. The molecule has 1 N–H and O–H groups in total. The van der Waals surface area contributed by atoms with Crippen molar-refractivity contribution >= 4 is 52.0 Å². The molecule has 0 aliphatic carbocycles. The molecule has 1 rings (SSSR count). The minimum absolute atomic E-state index is 0.257. The predicted molar refractivity (Wildman–Crippen MR) is 112 cm³/mol. The summed E-state index contributed by atoms with van der Waals surface area (Å²) in [5.41, 5.74) is 0.308. The van der Waals surface area contributed by atoms with Crippen molar-refractivity contribution in [1.82, 2.24) is 5.32 Å². The quantitative estimate of drug-likeness (QED) is 0.319. The number of carbonyl (C=O) groups excluding carboxylic acids is 2. The van der Waals surface area contributed by atoms with E-state index >= 15 is 0 Å². The van der Waals surface area contributed by atoms with Gasteiger partial charge in [-0.2, -0.15) is 0 Å². The molecule has 1 aromatic rings. The molecule has 0 saturated heterocycles. The molecule has 0 aromatic heterocycles. The van der Waals surface area contributed by atoms with E-state index in [-0.39, 0.29) is 6.10 Å². The number of alkyl carbamates (subject to hydrolysis) is 1. The maximum Gasteiger partial charge on any atom is 0.408 e. The van der Waals surface area contributed by atoms with Crippen molar-refractivity contribution in [3.63, 3.8) is 0 Å². The van der Waals surface area contributed by atoms with E-state index in [1.54, 1.807) is 53.4 Å². The van der Waals surface area contributed by atoms with E-state index < -0.39 is 23.7 Å². The van der Waals surface area contributed by atoms with Crippen molar-refractivity contribution in [1.29, 1.82) is 0 Å². The molecule has 0 spiro atoms. The SMILES string of the molecule is CC(C)OC(=O)[C@@H](Cc1cccc(SSI)c1)NC(=O)OC(C)(C)C. The first-order valence-corrected chi connectivity index (χ1v) is 12.5. The van der Waals surface area contributed by atoms with Crippen LogP contribution in [0.25, 0.3) is 0 Å². The van der Waals surface area contributed by atoms with Crippen LogP contribution in [0.4, 0.5) is 4.79 Å². The van der Waals surface area contributed by atoms with Gasteiger partial charge in [-0.05, 0) is 71.1 Å². The standard InChI is InChI=1S/C17H24INO4S2/c1-11(2)22-15(20)14(19-16(21)23-17(3,4)5)10-12-7-6-8-13(9-12)24-25-18/h6-9,11,14H,10H2,1-5H3,(H,19,21)/t14-/m1/s1. The first-order chi connectivity index (χ1) is 11.6. The Balaban J connectivity index is 2.88. The molecule has 0 radical (unpaired) electrons. The monoisotopic (exact) mass is 497 g/mol. The zero-order valence-electron chi connectivity index (χ0n) is 15.0. The first kappa shape index (κ1) is 22.4. The lowest BCUT2D eigenvalue weighted by molar-refractivity contribution is -0.149. The zero-order chi connectivity index (χ0) is 19.0. The lowest BCUT2D eigenvalue weighted by Crippen LogP contribution is -2.46. The van der Waals surface area contributed by atoms with Crippen LogP contribution in [0.2, 0.25) is 0 Å². The highest BCUT2D eigenvalue weighted by atomic mass is 127. The van der Waals surface area contributed by atoms with Crippen LogP contribution >= 0.6 is 40.0 Å². The van der Waals surface area contributed by atoms with Crippen LogP contribution in [0, 0.1) is 0 Å². The summed E-state index contributed by atoms with van der Waals surface area (Å²) in [5.74, 6) is -0.470. The summed E-state index contributed by atoms with van der Waals surface area (Å²) in [6.07, 6.45) is -0.551. The number of esters is 1. The molecule has 25 heavy (non-hydrogen) atoms. The Hall–Kier alpha value is -0.610. The topological polar surface area (TPSA) is 64.6 Å². The van der Waals surface area contributed by atoms with Gasteiger partial charge in [0.05, 0.1) is 6.10 Å². The van der Waals surface area contributed by atoms with Crippen molar-refractivity contribution in [2.75, 3.05) is 0 Å². The molecule has 0 bridgehead atoms. The van der Waals surface area contributed by atoms with Crippen LogP contribution in [0.5, 0.6) is 0 Å². The van der Waals surface area contributed by atoms with E-state index in [4.69, 9.17) is 9.47 Å². The lowest BCUT2D eigenvalue weighted by atomic mass is 10.1. The summed E-state index contributed by atoms with van der Waals surface area (Å²) in [6, 6.07) is 7.06. The molecule has 0 fully saturated rings. The maximum atomic E-state index is 12.4. The van der Waals surface area contributed by atoms with Crippen LogP contribution < -0.4 is 5.32 Å². The number of hydrogen-bond acceptors (Lipinski definition) is 6. The van der Waals surface area contributed by atoms with E-state index in [0.717, 1.165) is 10.5 Å². The van der Waals surface area contributed by atoms with Gasteiger partial charge in [0.15, 0.2) is 0 Å². The molecule has 1 amide bonds. The normalized spacial score (nSPS) is 12.6. The van der Waals surface area contributed by atoms with Crippen molar-refractivity contribution in [3.05, 3.63) is 29.8 Å². The van der Waals surface area contributed by atoms with Gasteiger partial charge < -0.3 is 14.8 Å². The number of rotatable bonds is 7. The van der Waals surface area contributed by atoms with Crippen LogP contribution in [-0.2, 0) is 20.7 Å². The fourth-order valence-corrected chi connectivity index (χ4v) is 4.76. The Labute approximate surface area is 169 Å². The average molecular weight is 497 g/mol. The molecule has 8 heteroatoms. The van der Waals surface area contributed by atoms with Crippen molar-refractivity contribution < 1.29 is 19.1 Å². The second-order valence-electron chi connectivity index (χ2n) is 6.68. The Morgan fingerprint density at radius 3 is 2.52 bits per heavy atom. The lowest BCUT2D eigenvalue weighted by Gasteiger charge is -2.23. The number of nitrogens with one attached hydrogen (secondary N) is 1. The number of benzene rings is 1. The largest absolute Gasteiger partial charge is 0.461 e. The van der Waals surface area contributed by atoms with Gasteiger partial charge in [-0.1, -0.05) is 12.1 Å². The number of amides is 1. The molecule has 0 heterocycles. The van der Waals surface area contributed by atoms with Crippen LogP contribution in [0.15, 0.2) is 29.2 Å². The van der Waals surface area contributed by atoms with Crippen molar-refractivity contribution in [2.24, 2.45) is 0 Å². The van der Waals surface area contributed by atoms with Gasteiger partial charge in [0.2, 0.25) is 0 Å². The third kappa shape index (κ3) is 9.60. The Morgan fingerprint density at radius 1 is 1.28 bits per heavy atom. The van der Waals surface area contributed by atoms with Crippen molar-refractivity contribution in [3.8, 4) is 0 Å². The zero-order valence-corrected chi connectivity index (χ0v) is 18.8. The number of carbonyl (C=O) groups is 2. The van der Waals surface area contributed by atoms with Crippen LogP contribution in [0.1, 0.15) is 40.2 Å². The molecule has 0 aliphatic rings. The average Bonchev–Trinajstić information content (AvgIpc) is 2.44. The van der Waals surface area contributed by atoms with E-state index in [9.17, 15) is 9.59 Å². The predicted octanol–water partition coefficient (Wildman–Crippen LogP) is 5.16. The highest BCUT2D eigenvalue weighted by molar-refractivity contribution is 14.2. The highest BCUT2D eigenvalue weighted by Gasteiger charge is 2.26. The molecule has 0 saturated carbocycles. The van der Waals surface area contributed by atoms with E-state index in [1.807, 2.05) is 24.3 Å². The molecule has 1 aromatic carbocycles. The number of ether oxygens (including phenoxy) is 2. The summed E-state index contributed by atoms with van der Waals surface area (Å²) in [4.78, 5) is 25.5. The summed E-state index contributed by atoms with van der Waals surface area (Å²) < 4.78 is 10.5. The fraction of sp³-hybridized carbons (Fsp3) is 0.529. The molecule has 5 nitrogen and oxygen atoms in total. The molecule has 0 aliphatic heterocycles.